The van der Waals surface area contributed by atoms with E-state index in [2.05, 4.69) is 0 Å². The Kier molecular flexibility index (Phi) is 3.57. The van der Waals surface area contributed by atoms with E-state index in [1.54, 1.807) is 36.4 Å². The predicted molar refractivity (Wildman–Crippen MR) is 78.0 cm³/mol. The van der Waals surface area contributed by atoms with E-state index in [-0.39, 0.29) is 6.42 Å². The van der Waals surface area contributed by atoms with Crippen LogP contribution in [0.4, 0.5) is 0 Å². The first-order valence-electron chi connectivity index (χ1n) is 6.52. The van der Waals surface area contributed by atoms with Gasteiger partial charge in [-0.15, -0.1) is 0 Å². The monoisotopic (exact) mass is 304 g/mol. The smallest absolute Gasteiger partial charge is 0.307 e. The topological polar surface area (TPSA) is 66.8 Å². The summed E-state index contributed by atoms with van der Waals surface area (Å²) in [6.07, 6.45) is -0.466. The van der Waals surface area contributed by atoms with E-state index in [4.69, 9.17) is 21.4 Å². The Morgan fingerprint density at radius 2 is 2.00 bits per heavy atom. The molecule has 1 aliphatic heterocycles. The number of carbonyl (C=O) groups is 1. The number of carboxylic acid groups (broad SMARTS) is 1. The molecule has 3 rings (SSSR count). The molecule has 1 unspecified atom stereocenters. The van der Waals surface area contributed by atoms with Gasteiger partial charge in [0.15, 0.2) is 0 Å². The van der Waals surface area contributed by atoms with Crippen molar-refractivity contribution in [3.05, 3.63) is 58.1 Å². The van der Waals surface area contributed by atoms with Crippen LogP contribution in [0.15, 0.2) is 36.4 Å². The zero-order valence-corrected chi connectivity index (χ0v) is 11.8. The van der Waals surface area contributed by atoms with E-state index in [0.717, 1.165) is 5.56 Å². The van der Waals surface area contributed by atoms with Crippen LogP contribution in [0, 0.1) is 0 Å². The van der Waals surface area contributed by atoms with E-state index >= 15 is 0 Å². The van der Waals surface area contributed by atoms with Crippen molar-refractivity contribution in [1.29, 1.82) is 0 Å². The Labute approximate surface area is 126 Å². The first-order valence-corrected chi connectivity index (χ1v) is 6.89. The standard InChI is InChI=1S/C16H13ClO4/c17-11-2-4-14-10(7-11)8-13(18)12-5-9(6-16(19)20)1-3-15(12)21-14/h1-5,7,13,18H,6,8H2,(H,19,20). The molecule has 4 nitrogen and oxygen atoms in total. The van der Waals surface area contributed by atoms with Gasteiger partial charge in [-0.1, -0.05) is 17.7 Å². The van der Waals surface area contributed by atoms with E-state index in [1.165, 1.54) is 0 Å². The highest BCUT2D eigenvalue weighted by molar-refractivity contribution is 6.30. The van der Waals surface area contributed by atoms with Gasteiger partial charge in [-0.2, -0.15) is 0 Å². The SMILES string of the molecule is O=C(O)Cc1ccc2c(c1)C(O)Cc1cc(Cl)ccc1O2. The van der Waals surface area contributed by atoms with Crippen molar-refractivity contribution in [2.75, 3.05) is 0 Å². The van der Waals surface area contributed by atoms with Gasteiger partial charge in [-0.05, 0) is 41.5 Å². The molecule has 1 heterocycles. The fourth-order valence-electron chi connectivity index (χ4n) is 2.48. The van der Waals surface area contributed by atoms with Crippen molar-refractivity contribution < 1.29 is 19.7 Å². The fourth-order valence-corrected chi connectivity index (χ4v) is 2.67. The number of aliphatic hydroxyl groups excluding tert-OH is 1. The fraction of sp³-hybridized carbons (Fsp3) is 0.188. The maximum Gasteiger partial charge on any atom is 0.307 e. The zero-order valence-electron chi connectivity index (χ0n) is 11.0. The largest absolute Gasteiger partial charge is 0.481 e. The number of hydrogen-bond acceptors (Lipinski definition) is 3. The molecule has 2 aromatic carbocycles. The van der Waals surface area contributed by atoms with E-state index < -0.39 is 12.1 Å². The molecule has 5 heteroatoms. The number of aliphatic carboxylic acids is 1. The van der Waals surface area contributed by atoms with Crippen LogP contribution in [-0.4, -0.2) is 16.2 Å². The van der Waals surface area contributed by atoms with Crippen molar-refractivity contribution in [1.82, 2.24) is 0 Å². The minimum atomic E-state index is -0.908. The third kappa shape index (κ3) is 2.86. The lowest BCUT2D eigenvalue weighted by Crippen LogP contribution is -2.04. The van der Waals surface area contributed by atoms with Crippen LogP contribution in [-0.2, 0) is 17.6 Å². The number of ether oxygens (including phenoxy) is 1. The summed E-state index contributed by atoms with van der Waals surface area (Å²) in [5.74, 6) is 0.287. The van der Waals surface area contributed by atoms with Crippen LogP contribution in [0.25, 0.3) is 0 Å². The van der Waals surface area contributed by atoms with Crippen molar-refractivity contribution in [2.24, 2.45) is 0 Å². The number of benzene rings is 2. The second-order valence-corrected chi connectivity index (χ2v) is 5.45. The molecule has 2 N–H and O–H groups in total. The van der Waals surface area contributed by atoms with Gasteiger partial charge >= 0.3 is 5.97 Å². The Morgan fingerprint density at radius 3 is 2.76 bits per heavy atom. The minimum absolute atomic E-state index is 0.0845. The van der Waals surface area contributed by atoms with Gasteiger partial charge in [0, 0.05) is 17.0 Å². The number of fused-ring (bicyclic) bond motifs is 2. The molecule has 0 saturated heterocycles. The summed E-state index contributed by atoms with van der Waals surface area (Å²) in [7, 11) is 0. The Morgan fingerprint density at radius 1 is 1.24 bits per heavy atom. The molecule has 0 spiro atoms. The van der Waals surface area contributed by atoms with E-state index in [0.29, 0.717) is 34.1 Å². The molecule has 2 aromatic rings. The molecule has 0 amide bonds. The van der Waals surface area contributed by atoms with Gasteiger partial charge in [0.25, 0.3) is 0 Å². The summed E-state index contributed by atoms with van der Waals surface area (Å²) in [5, 5.41) is 19.8. The van der Waals surface area contributed by atoms with E-state index in [1.807, 2.05) is 0 Å². The summed E-state index contributed by atoms with van der Waals surface area (Å²) in [6.45, 7) is 0. The van der Waals surface area contributed by atoms with E-state index in [9.17, 15) is 9.90 Å². The highest BCUT2D eigenvalue weighted by atomic mass is 35.5. The summed E-state index contributed by atoms with van der Waals surface area (Å²) in [6, 6.07) is 10.3. The van der Waals surface area contributed by atoms with Crippen LogP contribution in [0.2, 0.25) is 5.02 Å². The molecule has 21 heavy (non-hydrogen) atoms. The first kappa shape index (κ1) is 13.9. The van der Waals surface area contributed by atoms with Gasteiger partial charge in [0.05, 0.1) is 12.5 Å². The van der Waals surface area contributed by atoms with Crippen LogP contribution >= 0.6 is 11.6 Å². The number of halogens is 1. The minimum Gasteiger partial charge on any atom is -0.481 e. The summed E-state index contributed by atoms with van der Waals surface area (Å²) in [4.78, 5) is 10.8. The third-order valence-electron chi connectivity index (χ3n) is 3.44. The maximum atomic E-state index is 10.8. The van der Waals surface area contributed by atoms with Crippen LogP contribution in [0.1, 0.15) is 22.8 Å². The normalized spacial score (nSPS) is 16.4. The maximum absolute atomic E-state index is 10.8. The molecule has 0 aliphatic carbocycles. The second-order valence-electron chi connectivity index (χ2n) is 5.02. The Hall–Kier alpha value is -2.04. The van der Waals surface area contributed by atoms with Gasteiger partial charge in [-0.3, -0.25) is 4.79 Å². The van der Waals surface area contributed by atoms with Crippen LogP contribution in [0.5, 0.6) is 11.5 Å². The lowest BCUT2D eigenvalue weighted by molar-refractivity contribution is -0.136. The summed E-state index contributed by atoms with van der Waals surface area (Å²) < 4.78 is 5.82. The molecule has 0 bridgehead atoms. The predicted octanol–water partition coefficient (Wildman–Crippen LogP) is 3.35. The molecule has 0 fully saturated rings. The van der Waals surface area contributed by atoms with Gasteiger partial charge in [0.2, 0.25) is 0 Å². The molecule has 0 radical (unpaired) electrons. The van der Waals surface area contributed by atoms with Gasteiger partial charge in [-0.25, -0.2) is 0 Å². The quantitative estimate of drug-likeness (QED) is 0.893. The first-order chi connectivity index (χ1) is 10.0. The van der Waals surface area contributed by atoms with Crippen molar-refractivity contribution in [3.63, 3.8) is 0 Å². The molecular weight excluding hydrogens is 292 g/mol. The van der Waals surface area contributed by atoms with Crippen molar-refractivity contribution in [3.8, 4) is 11.5 Å². The summed E-state index contributed by atoms with van der Waals surface area (Å²) in [5.41, 5.74) is 2.06. The Balaban J connectivity index is 2.02. The van der Waals surface area contributed by atoms with Gasteiger partial charge < -0.3 is 14.9 Å². The Bertz CT molecular complexity index is 711. The molecule has 1 aliphatic rings. The lowest BCUT2D eigenvalue weighted by Gasteiger charge is -2.12. The number of rotatable bonds is 2. The zero-order chi connectivity index (χ0) is 15.0. The second kappa shape index (κ2) is 5.39. The highest BCUT2D eigenvalue weighted by Crippen LogP contribution is 2.39. The summed E-state index contributed by atoms with van der Waals surface area (Å²) >= 11 is 5.97. The number of carboxylic acids is 1. The molecule has 108 valence electrons. The average molecular weight is 305 g/mol. The molecule has 0 saturated carbocycles. The molecule has 0 aromatic heterocycles. The van der Waals surface area contributed by atoms with Crippen molar-refractivity contribution >= 4 is 17.6 Å². The van der Waals surface area contributed by atoms with Crippen molar-refractivity contribution in [2.45, 2.75) is 18.9 Å². The lowest BCUT2D eigenvalue weighted by atomic mass is 9.99. The third-order valence-corrected chi connectivity index (χ3v) is 3.68. The molecule has 1 atom stereocenters. The highest BCUT2D eigenvalue weighted by Gasteiger charge is 2.22. The van der Waals surface area contributed by atoms with Gasteiger partial charge in [0.1, 0.15) is 11.5 Å². The van der Waals surface area contributed by atoms with Crippen LogP contribution in [0.3, 0.4) is 0 Å². The number of hydrogen-bond donors (Lipinski definition) is 2. The van der Waals surface area contributed by atoms with Crippen LogP contribution < -0.4 is 4.74 Å². The number of aliphatic hydroxyl groups is 1. The average Bonchev–Trinajstić information content (AvgIpc) is 2.54. The molecular formula is C16H13ClO4.